The minimum atomic E-state index is 0.0687. The van der Waals surface area contributed by atoms with Crippen molar-refractivity contribution in [1.29, 1.82) is 0 Å². The highest BCUT2D eigenvalue weighted by molar-refractivity contribution is 7.10. The van der Waals surface area contributed by atoms with Gasteiger partial charge in [-0.3, -0.25) is 4.79 Å². The van der Waals surface area contributed by atoms with Crippen molar-refractivity contribution in [3.05, 3.63) is 21.9 Å². The third-order valence-corrected chi connectivity index (χ3v) is 5.12. The van der Waals surface area contributed by atoms with E-state index in [0.717, 1.165) is 38.8 Å². The van der Waals surface area contributed by atoms with E-state index in [-0.39, 0.29) is 6.04 Å². The lowest BCUT2D eigenvalue weighted by Gasteiger charge is -2.37. The zero-order valence-electron chi connectivity index (χ0n) is 10.8. The van der Waals surface area contributed by atoms with Crippen molar-refractivity contribution in [2.45, 2.75) is 44.7 Å². The third kappa shape index (κ3) is 1.97. The van der Waals surface area contributed by atoms with Crippen molar-refractivity contribution in [1.82, 2.24) is 10.2 Å². The molecule has 1 saturated heterocycles. The monoisotopic (exact) mass is 264 g/mol. The number of hydrogen-bond acceptors (Lipinski definition) is 3. The lowest BCUT2D eigenvalue weighted by atomic mass is 9.96. The summed E-state index contributed by atoms with van der Waals surface area (Å²) in [5, 5.41) is 5.49. The molecule has 1 N–H and O–H groups in total. The molecule has 1 amide bonds. The van der Waals surface area contributed by atoms with Gasteiger partial charge in [-0.05, 0) is 49.2 Å². The van der Waals surface area contributed by atoms with Crippen LogP contribution in [0.1, 0.15) is 42.7 Å². The highest BCUT2D eigenvalue weighted by atomic mass is 32.1. The maximum atomic E-state index is 12.6. The van der Waals surface area contributed by atoms with Crippen molar-refractivity contribution < 1.29 is 4.79 Å². The lowest BCUT2D eigenvalue weighted by Crippen LogP contribution is -2.47. The lowest BCUT2D eigenvalue weighted by molar-refractivity contribution is -0.136. The summed E-state index contributed by atoms with van der Waals surface area (Å²) in [6, 6.07) is 2.57. The summed E-state index contributed by atoms with van der Waals surface area (Å²) in [7, 11) is 0. The van der Waals surface area contributed by atoms with Crippen molar-refractivity contribution in [3.8, 4) is 0 Å². The maximum Gasteiger partial charge on any atom is 0.240 e. The smallest absolute Gasteiger partial charge is 0.240 e. The molecule has 0 radical (unpaired) electrons. The third-order valence-electron chi connectivity index (χ3n) is 4.12. The van der Waals surface area contributed by atoms with Crippen molar-refractivity contribution in [2.75, 3.05) is 13.1 Å². The molecular formula is C14H20N2OS. The Labute approximate surface area is 112 Å². The van der Waals surface area contributed by atoms with Crippen molar-refractivity contribution in [3.63, 3.8) is 0 Å². The fraction of sp³-hybridized carbons (Fsp3) is 0.643. The molecule has 0 saturated carbocycles. The topological polar surface area (TPSA) is 32.3 Å². The van der Waals surface area contributed by atoms with Gasteiger partial charge < -0.3 is 10.2 Å². The summed E-state index contributed by atoms with van der Waals surface area (Å²) in [5.74, 6) is 0.316. The highest BCUT2D eigenvalue weighted by Crippen LogP contribution is 2.35. The first-order valence-electron chi connectivity index (χ1n) is 6.91. The van der Waals surface area contributed by atoms with Gasteiger partial charge in [-0.15, -0.1) is 11.3 Å². The van der Waals surface area contributed by atoms with Gasteiger partial charge in [0.15, 0.2) is 0 Å². The van der Waals surface area contributed by atoms with Crippen LogP contribution < -0.4 is 5.32 Å². The standard InChI is InChI=1S/C14H20N2OS/c1-2-12-10-6-9-18-13(10)5-8-16(12)14(17)11-4-3-7-15-11/h6,9,11-12,15H,2-5,7-8H2,1H3/t11-,12?/m1/s1. The van der Waals surface area contributed by atoms with Gasteiger partial charge in [0.2, 0.25) is 5.91 Å². The summed E-state index contributed by atoms with van der Waals surface area (Å²) in [6.07, 6.45) is 4.18. The second-order valence-corrected chi connectivity index (χ2v) is 6.15. The van der Waals surface area contributed by atoms with Gasteiger partial charge in [-0.25, -0.2) is 0 Å². The Kier molecular flexibility index (Phi) is 3.39. The van der Waals surface area contributed by atoms with E-state index in [2.05, 4.69) is 28.6 Å². The Bertz CT molecular complexity index is 437. The molecule has 0 bridgehead atoms. The Hall–Kier alpha value is -0.870. The predicted octanol–water partition coefficient (Wildman–Crippen LogP) is 2.34. The summed E-state index contributed by atoms with van der Waals surface area (Å²) in [6.45, 7) is 4.06. The van der Waals surface area contributed by atoms with Gasteiger partial charge in [-0.2, -0.15) is 0 Å². The first kappa shape index (κ1) is 12.2. The normalized spacial score (nSPS) is 27.3. The van der Waals surface area contributed by atoms with Gasteiger partial charge in [-0.1, -0.05) is 6.92 Å². The van der Waals surface area contributed by atoms with Gasteiger partial charge in [0.05, 0.1) is 12.1 Å². The molecule has 1 fully saturated rings. The van der Waals surface area contributed by atoms with Gasteiger partial charge in [0.25, 0.3) is 0 Å². The molecule has 2 aliphatic rings. The van der Waals surface area contributed by atoms with E-state index in [9.17, 15) is 4.79 Å². The number of rotatable bonds is 2. The Morgan fingerprint density at radius 2 is 2.50 bits per heavy atom. The van der Waals surface area contributed by atoms with Gasteiger partial charge >= 0.3 is 0 Å². The second-order valence-electron chi connectivity index (χ2n) is 5.15. The van der Waals surface area contributed by atoms with Gasteiger partial charge in [0, 0.05) is 11.4 Å². The van der Waals surface area contributed by atoms with Crippen molar-refractivity contribution >= 4 is 17.2 Å². The summed E-state index contributed by atoms with van der Waals surface area (Å²) < 4.78 is 0. The second kappa shape index (κ2) is 5.02. The molecule has 1 unspecified atom stereocenters. The summed E-state index contributed by atoms with van der Waals surface area (Å²) >= 11 is 1.84. The highest BCUT2D eigenvalue weighted by Gasteiger charge is 2.34. The summed E-state index contributed by atoms with van der Waals surface area (Å²) in [5.41, 5.74) is 1.39. The molecule has 1 aromatic heterocycles. The van der Waals surface area contributed by atoms with Gasteiger partial charge in [0.1, 0.15) is 0 Å². The quantitative estimate of drug-likeness (QED) is 0.889. The fourth-order valence-corrected chi connectivity index (χ4v) is 4.12. The number of carbonyl (C=O) groups excluding carboxylic acids is 1. The molecule has 98 valence electrons. The van der Waals surface area contributed by atoms with Crippen LogP contribution in [0.5, 0.6) is 0 Å². The number of nitrogens with one attached hydrogen (secondary N) is 1. The van der Waals surface area contributed by atoms with E-state index in [0.29, 0.717) is 11.9 Å². The molecule has 3 rings (SSSR count). The number of carbonyl (C=O) groups is 1. The largest absolute Gasteiger partial charge is 0.334 e. The molecule has 2 atom stereocenters. The van der Waals surface area contributed by atoms with E-state index in [4.69, 9.17) is 0 Å². The van der Waals surface area contributed by atoms with E-state index in [1.54, 1.807) is 0 Å². The van der Waals surface area contributed by atoms with Crippen LogP contribution >= 0.6 is 11.3 Å². The van der Waals surface area contributed by atoms with E-state index < -0.39 is 0 Å². The predicted molar refractivity (Wildman–Crippen MR) is 73.8 cm³/mol. The Morgan fingerprint density at radius 1 is 1.61 bits per heavy atom. The molecule has 4 heteroatoms. The van der Waals surface area contributed by atoms with Crippen LogP contribution in [0.2, 0.25) is 0 Å². The molecule has 0 spiro atoms. The van der Waals surface area contributed by atoms with Crippen LogP contribution in [0.25, 0.3) is 0 Å². The average molecular weight is 264 g/mol. The van der Waals surface area contributed by atoms with Crippen LogP contribution in [0.15, 0.2) is 11.4 Å². The number of hydrogen-bond donors (Lipinski definition) is 1. The number of fused-ring (bicyclic) bond motifs is 1. The molecular weight excluding hydrogens is 244 g/mol. The van der Waals surface area contributed by atoms with Crippen LogP contribution in [-0.2, 0) is 11.2 Å². The molecule has 0 aliphatic carbocycles. The first-order chi connectivity index (χ1) is 8.81. The molecule has 1 aromatic rings. The fourth-order valence-electron chi connectivity index (χ4n) is 3.20. The maximum absolute atomic E-state index is 12.6. The minimum Gasteiger partial charge on any atom is -0.334 e. The van der Waals surface area contributed by atoms with E-state index in [1.807, 2.05) is 11.3 Å². The molecule has 2 aliphatic heterocycles. The number of nitrogens with zero attached hydrogens (tertiary/aromatic N) is 1. The van der Waals surface area contributed by atoms with Crippen LogP contribution in [0.4, 0.5) is 0 Å². The zero-order chi connectivity index (χ0) is 12.5. The number of thiophene rings is 1. The first-order valence-corrected chi connectivity index (χ1v) is 7.79. The Balaban J connectivity index is 1.82. The van der Waals surface area contributed by atoms with E-state index in [1.165, 1.54) is 10.4 Å². The van der Waals surface area contributed by atoms with Crippen LogP contribution in [0.3, 0.4) is 0 Å². The molecule has 0 aromatic carbocycles. The molecule has 3 nitrogen and oxygen atoms in total. The average Bonchev–Trinajstić information content (AvgIpc) is 3.06. The SMILES string of the molecule is CCC1c2ccsc2CCN1C(=O)[C@H]1CCCN1. The molecule has 18 heavy (non-hydrogen) atoms. The van der Waals surface area contributed by atoms with Crippen LogP contribution in [-0.4, -0.2) is 29.9 Å². The molecule has 3 heterocycles. The minimum absolute atomic E-state index is 0.0687. The van der Waals surface area contributed by atoms with Crippen LogP contribution in [0, 0.1) is 0 Å². The Morgan fingerprint density at radius 3 is 3.22 bits per heavy atom. The van der Waals surface area contributed by atoms with E-state index >= 15 is 0 Å². The number of amides is 1. The van der Waals surface area contributed by atoms with Crippen molar-refractivity contribution in [2.24, 2.45) is 0 Å². The summed E-state index contributed by atoms with van der Waals surface area (Å²) in [4.78, 5) is 16.2. The zero-order valence-corrected chi connectivity index (χ0v) is 11.6.